The van der Waals surface area contributed by atoms with E-state index in [1.807, 2.05) is 52.4 Å². The maximum atomic E-state index is 12.5. The van der Waals surface area contributed by atoms with Gasteiger partial charge in [0.25, 0.3) is 5.91 Å². The molecule has 0 atom stereocenters. The second-order valence-electron chi connectivity index (χ2n) is 8.82. The number of anilines is 2. The molecule has 0 saturated carbocycles. The molecule has 8 nitrogen and oxygen atoms in total. The van der Waals surface area contributed by atoms with Crippen LogP contribution in [-0.2, 0) is 17.9 Å². The Balaban J connectivity index is 1.24. The predicted octanol–water partition coefficient (Wildman–Crippen LogP) is 4.16. The molecule has 1 amide bonds. The smallest absolute Gasteiger partial charge is 0.260 e. The Labute approximate surface area is 203 Å². The largest absolute Gasteiger partial charge is 0.483 e. The van der Waals surface area contributed by atoms with Gasteiger partial charge in [-0.3, -0.25) is 19.5 Å². The first-order valence-corrected chi connectivity index (χ1v) is 11.9. The summed E-state index contributed by atoms with van der Waals surface area (Å²) in [5.41, 5.74) is 4.99. The van der Waals surface area contributed by atoms with Crippen LogP contribution in [0.25, 0.3) is 10.9 Å². The van der Waals surface area contributed by atoms with Gasteiger partial charge in [-0.15, -0.1) is 0 Å². The SMILES string of the molecule is O=C(COc1cccc2c1CN=CN2c1ccc2c(cnn2Cc2ccccn2)c1)N1CCCC1. The van der Waals surface area contributed by atoms with Crippen molar-refractivity contribution in [3.8, 4) is 5.75 Å². The number of carbonyl (C=O) groups excluding carboxylic acids is 1. The molecule has 1 saturated heterocycles. The highest BCUT2D eigenvalue weighted by atomic mass is 16.5. The van der Waals surface area contributed by atoms with E-state index < -0.39 is 0 Å². The summed E-state index contributed by atoms with van der Waals surface area (Å²) < 4.78 is 7.94. The molecule has 0 bridgehead atoms. The molecule has 0 radical (unpaired) electrons. The van der Waals surface area contributed by atoms with E-state index in [4.69, 9.17) is 4.74 Å². The van der Waals surface area contributed by atoms with Crippen LogP contribution in [0.1, 0.15) is 24.1 Å². The molecule has 6 rings (SSSR count). The molecule has 4 aromatic rings. The molecule has 8 heteroatoms. The van der Waals surface area contributed by atoms with E-state index in [1.54, 1.807) is 6.20 Å². The molecule has 0 N–H and O–H groups in total. The van der Waals surface area contributed by atoms with Gasteiger partial charge in [0.1, 0.15) is 5.75 Å². The van der Waals surface area contributed by atoms with Gasteiger partial charge >= 0.3 is 0 Å². The van der Waals surface area contributed by atoms with E-state index in [0.717, 1.165) is 59.5 Å². The number of ether oxygens (including phenoxy) is 1. The summed E-state index contributed by atoms with van der Waals surface area (Å²) in [4.78, 5) is 25.4. The average Bonchev–Trinajstić information content (AvgIpc) is 3.58. The van der Waals surface area contributed by atoms with Gasteiger partial charge in [-0.05, 0) is 55.3 Å². The van der Waals surface area contributed by atoms with E-state index in [2.05, 4.69) is 44.2 Å². The van der Waals surface area contributed by atoms with Gasteiger partial charge in [0, 0.05) is 35.9 Å². The third-order valence-electron chi connectivity index (χ3n) is 6.57. The Kier molecular flexibility index (Phi) is 5.62. The number of benzene rings is 2. The van der Waals surface area contributed by atoms with Gasteiger partial charge in [-0.25, -0.2) is 0 Å². The van der Waals surface area contributed by atoms with Crippen LogP contribution in [0.2, 0.25) is 0 Å². The molecule has 4 heterocycles. The highest BCUT2D eigenvalue weighted by Crippen LogP contribution is 2.37. The van der Waals surface area contributed by atoms with Crippen molar-refractivity contribution in [2.24, 2.45) is 4.99 Å². The minimum absolute atomic E-state index is 0.0458. The Morgan fingerprint density at radius 3 is 2.80 bits per heavy atom. The lowest BCUT2D eigenvalue weighted by Gasteiger charge is -2.27. The molecule has 1 fully saturated rings. The standard InChI is InChI=1S/C27H26N6O2/c34-27(31-12-3-4-13-31)18-35-26-8-5-7-25-23(26)16-28-19-32(25)22-9-10-24-20(14-22)15-30-33(24)17-21-6-1-2-11-29-21/h1-2,5-11,14-15,19H,3-4,12-13,16-18H2. The Morgan fingerprint density at radius 2 is 1.94 bits per heavy atom. The van der Waals surface area contributed by atoms with E-state index in [0.29, 0.717) is 18.8 Å². The second-order valence-corrected chi connectivity index (χ2v) is 8.82. The van der Waals surface area contributed by atoms with Crippen molar-refractivity contribution < 1.29 is 9.53 Å². The number of hydrogen-bond donors (Lipinski definition) is 0. The predicted molar refractivity (Wildman–Crippen MR) is 135 cm³/mol. The first-order chi connectivity index (χ1) is 17.3. The van der Waals surface area contributed by atoms with Crippen LogP contribution in [0.4, 0.5) is 11.4 Å². The van der Waals surface area contributed by atoms with Crippen LogP contribution in [0.15, 0.2) is 72.0 Å². The number of amides is 1. The van der Waals surface area contributed by atoms with Crippen molar-refractivity contribution in [3.63, 3.8) is 0 Å². The number of nitrogens with zero attached hydrogens (tertiary/aromatic N) is 6. The van der Waals surface area contributed by atoms with Gasteiger partial charge < -0.3 is 14.5 Å². The number of pyridine rings is 1. The molecule has 176 valence electrons. The highest BCUT2D eigenvalue weighted by molar-refractivity contribution is 5.95. The lowest BCUT2D eigenvalue weighted by molar-refractivity contribution is -0.132. The summed E-state index contributed by atoms with van der Waals surface area (Å²) in [6.07, 6.45) is 7.67. The minimum Gasteiger partial charge on any atom is -0.483 e. The average molecular weight is 467 g/mol. The van der Waals surface area contributed by atoms with E-state index >= 15 is 0 Å². The fourth-order valence-corrected chi connectivity index (χ4v) is 4.75. The van der Waals surface area contributed by atoms with Crippen LogP contribution >= 0.6 is 0 Å². The lowest BCUT2D eigenvalue weighted by Crippen LogP contribution is -2.32. The third kappa shape index (κ3) is 4.23. The van der Waals surface area contributed by atoms with E-state index in [9.17, 15) is 4.79 Å². The van der Waals surface area contributed by atoms with E-state index in [1.165, 1.54) is 0 Å². The molecule has 2 aliphatic rings. The fourth-order valence-electron chi connectivity index (χ4n) is 4.75. The number of rotatable bonds is 6. The molecule has 2 aliphatic heterocycles. The Morgan fingerprint density at radius 1 is 1.03 bits per heavy atom. The minimum atomic E-state index is 0.0458. The normalized spacial score (nSPS) is 15.0. The number of carbonyl (C=O) groups is 1. The van der Waals surface area contributed by atoms with E-state index in [-0.39, 0.29) is 12.5 Å². The van der Waals surface area contributed by atoms with Crippen molar-refractivity contribution >= 4 is 34.5 Å². The van der Waals surface area contributed by atoms with Crippen molar-refractivity contribution in [2.45, 2.75) is 25.9 Å². The van der Waals surface area contributed by atoms with Crippen molar-refractivity contribution in [2.75, 3.05) is 24.6 Å². The summed E-state index contributed by atoms with van der Waals surface area (Å²) in [5.74, 6) is 0.755. The molecule has 35 heavy (non-hydrogen) atoms. The Hall–Kier alpha value is -4.20. The van der Waals surface area contributed by atoms with Crippen LogP contribution in [0.3, 0.4) is 0 Å². The Bertz CT molecular complexity index is 1390. The summed E-state index contributed by atoms with van der Waals surface area (Å²) in [5, 5.41) is 5.62. The van der Waals surface area contributed by atoms with Crippen LogP contribution in [-0.4, -0.2) is 51.6 Å². The zero-order valence-corrected chi connectivity index (χ0v) is 19.4. The number of fused-ring (bicyclic) bond motifs is 2. The number of aromatic nitrogens is 3. The molecule has 2 aromatic carbocycles. The molecular formula is C27H26N6O2. The summed E-state index contributed by atoms with van der Waals surface area (Å²) in [6.45, 7) is 2.85. The fraction of sp³-hybridized carbons (Fsp3) is 0.259. The topological polar surface area (TPSA) is 75.8 Å². The van der Waals surface area contributed by atoms with Crippen molar-refractivity contribution in [1.82, 2.24) is 19.7 Å². The molecule has 0 unspecified atom stereocenters. The number of aliphatic imine (C=N–C) groups is 1. The zero-order chi connectivity index (χ0) is 23.6. The molecule has 0 spiro atoms. The quantitative estimate of drug-likeness (QED) is 0.427. The van der Waals surface area contributed by atoms with Crippen molar-refractivity contribution in [3.05, 3.63) is 78.2 Å². The van der Waals surface area contributed by atoms with Gasteiger partial charge in [-0.1, -0.05) is 12.1 Å². The van der Waals surface area contributed by atoms with Crippen molar-refractivity contribution in [1.29, 1.82) is 0 Å². The first kappa shape index (κ1) is 21.3. The van der Waals surface area contributed by atoms with Gasteiger partial charge in [0.2, 0.25) is 0 Å². The van der Waals surface area contributed by atoms with Crippen LogP contribution in [0, 0.1) is 0 Å². The lowest BCUT2D eigenvalue weighted by atomic mass is 10.1. The number of hydrogen-bond acceptors (Lipinski definition) is 6. The highest BCUT2D eigenvalue weighted by Gasteiger charge is 2.22. The molecule has 0 aliphatic carbocycles. The first-order valence-electron chi connectivity index (χ1n) is 11.9. The summed E-state index contributed by atoms with van der Waals surface area (Å²) >= 11 is 0. The maximum Gasteiger partial charge on any atom is 0.260 e. The second kappa shape index (κ2) is 9.21. The van der Waals surface area contributed by atoms with Gasteiger partial charge in [0.05, 0.1) is 42.5 Å². The number of likely N-dealkylation sites (tertiary alicyclic amines) is 1. The molecular weight excluding hydrogens is 440 g/mol. The maximum absolute atomic E-state index is 12.5. The molecule has 2 aromatic heterocycles. The van der Waals surface area contributed by atoms with Crippen LogP contribution in [0.5, 0.6) is 5.75 Å². The summed E-state index contributed by atoms with van der Waals surface area (Å²) in [7, 11) is 0. The van der Waals surface area contributed by atoms with Crippen LogP contribution < -0.4 is 9.64 Å². The monoisotopic (exact) mass is 466 g/mol. The zero-order valence-electron chi connectivity index (χ0n) is 19.4. The third-order valence-corrected chi connectivity index (χ3v) is 6.57. The van der Waals surface area contributed by atoms with Gasteiger partial charge in [-0.2, -0.15) is 5.10 Å². The summed E-state index contributed by atoms with van der Waals surface area (Å²) in [6, 6.07) is 18.1. The van der Waals surface area contributed by atoms with Gasteiger partial charge in [0.15, 0.2) is 6.61 Å².